The molecule has 3 rings (SSSR count). The lowest BCUT2D eigenvalue weighted by atomic mass is 9.95. The lowest BCUT2D eigenvalue weighted by molar-refractivity contribution is -0.225. The van der Waals surface area contributed by atoms with Crippen molar-refractivity contribution in [3.05, 3.63) is 36.0 Å². The van der Waals surface area contributed by atoms with Crippen molar-refractivity contribution in [2.45, 2.75) is 89.7 Å². The van der Waals surface area contributed by atoms with E-state index in [4.69, 9.17) is 28.8 Å². The van der Waals surface area contributed by atoms with Gasteiger partial charge in [0.05, 0.1) is 52.4 Å². The first-order valence-electron chi connectivity index (χ1n) is 18.7. The predicted octanol–water partition coefficient (Wildman–Crippen LogP) is -1.70. The van der Waals surface area contributed by atoms with Gasteiger partial charge >= 0.3 is 17.9 Å². The maximum absolute atomic E-state index is 13.7. The van der Waals surface area contributed by atoms with Crippen molar-refractivity contribution in [2.75, 3.05) is 53.7 Å². The number of esters is 2. The highest BCUT2D eigenvalue weighted by Gasteiger charge is 2.50. The number of hydrogen-bond donors (Lipinski definition) is 7. The molecular formula is C37H55N7O14. The van der Waals surface area contributed by atoms with Crippen molar-refractivity contribution in [3.63, 3.8) is 0 Å². The van der Waals surface area contributed by atoms with Crippen LogP contribution in [0.3, 0.4) is 0 Å². The fourth-order valence-electron chi connectivity index (χ4n) is 6.20. The Balaban J connectivity index is 1.77. The molecule has 0 radical (unpaired) electrons. The fourth-order valence-corrected chi connectivity index (χ4v) is 6.20. The summed E-state index contributed by atoms with van der Waals surface area (Å²) >= 11 is 0. The van der Waals surface area contributed by atoms with Gasteiger partial charge in [0.15, 0.2) is 18.4 Å². The molecule has 21 nitrogen and oxygen atoms in total. The summed E-state index contributed by atoms with van der Waals surface area (Å²) in [7, 11) is 3.66. The Morgan fingerprint density at radius 3 is 2.21 bits per heavy atom. The summed E-state index contributed by atoms with van der Waals surface area (Å²) in [5, 5.41) is 32.0. The Hall–Kier alpha value is -5.19. The number of aliphatic hydroxyl groups is 1. The van der Waals surface area contributed by atoms with Crippen LogP contribution in [-0.4, -0.2) is 152 Å². The quantitative estimate of drug-likeness (QED) is 0.0353. The number of para-hydroxylation sites is 1. The van der Waals surface area contributed by atoms with Gasteiger partial charge in [-0.25, -0.2) is 5.01 Å². The number of nitrogens with zero attached hydrogens (tertiary/aromatic N) is 2. The molecule has 2 aromatic rings. The molecule has 0 spiro atoms. The molecule has 1 aromatic heterocycles. The van der Waals surface area contributed by atoms with Crippen molar-refractivity contribution in [3.8, 4) is 0 Å². The molecule has 1 fully saturated rings. The van der Waals surface area contributed by atoms with Crippen LogP contribution in [0.2, 0.25) is 0 Å². The normalized spacial score (nSPS) is 19.5. The average Bonchev–Trinajstić information content (AvgIpc) is 3.50. The summed E-state index contributed by atoms with van der Waals surface area (Å²) in [4.78, 5) is 87.6. The molecule has 0 saturated carbocycles. The van der Waals surface area contributed by atoms with E-state index >= 15 is 0 Å². The highest BCUT2D eigenvalue weighted by atomic mass is 16.6. The smallest absolute Gasteiger partial charge is 0.305 e. The third-order valence-electron chi connectivity index (χ3n) is 8.81. The molecule has 1 aliphatic heterocycles. The number of aryl methyl sites for hydroxylation is 1. The molecule has 21 heteroatoms. The maximum atomic E-state index is 13.7. The number of nitrogens with one attached hydrogen (secondary N) is 5. The Kier molecular flexibility index (Phi) is 19.4. The van der Waals surface area contributed by atoms with Gasteiger partial charge in [0.25, 0.3) is 0 Å². The largest absolute Gasteiger partial charge is 0.481 e. The van der Waals surface area contributed by atoms with Gasteiger partial charge in [-0.15, -0.1) is 0 Å². The zero-order chi connectivity index (χ0) is 42.8. The topological polar surface area (TPSA) is 274 Å². The number of aliphatic hydroxyl groups excluding tert-OH is 1. The fraction of sp³-hybridized carbons (Fsp3) is 0.595. The Labute approximate surface area is 335 Å². The average molecular weight is 822 g/mol. The zero-order valence-electron chi connectivity index (χ0n) is 33.3. The number of hydrazine groups is 1. The Morgan fingerprint density at radius 1 is 0.897 bits per heavy atom. The maximum Gasteiger partial charge on any atom is 0.305 e. The minimum absolute atomic E-state index is 0.0169. The number of amides is 4. The number of aliphatic carboxylic acids is 1. The van der Waals surface area contributed by atoms with E-state index in [9.17, 15) is 38.7 Å². The molecule has 7 N–H and O–H groups in total. The molecule has 1 saturated heterocycles. The second kappa shape index (κ2) is 23.9. The van der Waals surface area contributed by atoms with Gasteiger partial charge in [-0.2, -0.15) is 0 Å². The summed E-state index contributed by atoms with van der Waals surface area (Å²) in [6.07, 6.45) is -6.41. The molecule has 1 aliphatic rings. The Bertz CT molecular complexity index is 1720. The second-order valence-electron chi connectivity index (χ2n) is 13.4. The van der Waals surface area contributed by atoms with Crippen LogP contribution in [0.25, 0.3) is 10.9 Å². The van der Waals surface area contributed by atoms with E-state index in [0.717, 1.165) is 37.4 Å². The highest BCUT2D eigenvalue weighted by molar-refractivity contribution is 5.92. The minimum atomic E-state index is -1.47. The van der Waals surface area contributed by atoms with Gasteiger partial charge in [0, 0.05) is 58.5 Å². The van der Waals surface area contributed by atoms with Crippen LogP contribution >= 0.6 is 0 Å². The monoisotopic (exact) mass is 821 g/mol. The van der Waals surface area contributed by atoms with E-state index in [-0.39, 0.29) is 52.4 Å². The summed E-state index contributed by atoms with van der Waals surface area (Å²) in [5.74, 6) is -5.33. The molecule has 1 aromatic carbocycles. The molecule has 0 aliphatic carbocycles. The van der Waals surface area contributed by atoms with E-state index in [1.807, 2.05) is 47.0 Å². The number of fused-ring (bicyclic) bond motifs is 1. The van der Waals surface area contributed by atoms with Crippen LogP contribution in [0.4, 0.5) is 0 Å². The summed E-state index contributed by atoms with van der Waals surface area (Å²) in [6, 6.07) is 6.98. The predicted molar refractivity (Wildman–Crippen MR) is 203 cm³/mol. The zero-order valence-corrected chi connectivity index (χ0v) is 33.3. The molecule has 4 amide bonds. The first-order chi connectivity index (χ1) is 27.6. The number of hydrogen-bond acceptors (Lipinski definition) is 15. The van der Waals surface area contributed by atoms with Crippen molar-refractivity contribution in [1.29, 1.82) is 0 Å². The number of aromatic nitrogens is 1. The molecule has 322 valence electrons. The lowest BCUT2D eigenvalue weighted by Gasteiger charge is -2.45. The number of carbonyl (C=O) groups is 7. The van der Waals surface area contributed by atoms with Crippen LogP contribution in [0.15, 0.2) is 30.3 Å². The van der Waals surface area contributed by atoms with Crippen molar-refractivity contribution in [1.82, 2.24) is 36.3 Å². The standard InChI is InChI=1S/C37H55N7O14/c1-22(46)40-33-35(57-24(3)48)34(56-23(2)47)29(21-45)58-37(33)42-31(50)19-27(36(53)39-12-15-55-17-16-54-14-11-32(51)52)41-30(49)10-13-44-26(20-43(5)38-4)18-25-8-6-7-9-28(25)44/h6-9,18,27,29,33-35,37-38,45H,10-17,19-21H2,1-5H3,(H,39,53)(H,40,46)(H,41,49)(H,42,50)(H,51,52)/t27-,29-,33-,34-,35-,37-/m0/s1. The first-order valence-corrected chi connectivity index (χ1v) is 18.7. The van der Waals surface area contributed by atoms with Gasteiger partial charge in [0.2, 0.25) is 23.6 Å². The molecule has 58 heavy (non-hydrogen) atoms. The lowest BCUT2D eigenvalue weighted by Crippen LogP contribution is -2.69. The highest BCUT2D eigenvalue weighted by Crippen LogP contribution is 2.26. The molecule has 6 atom stereocenters. The molecule has 2 heterocycles. The van der Waals surface area contributed by atoms with E-state index < -0.39 is 91.2 Å². The summed E-state index contributed by atoms with van der Waals surface area (Å²) in [6.45, 7) is 3.64. The first kappa shape index (κ1) is 47.2. The number of carbonyl (C=O) groups excluding carboxylic acids is 6. The van der Waals surface area contributed by atoms with Crippen molar-refractivity contribution >= 4 is 52.4 Å². The van der Waals surface area contributed by atoms with E-state index in [1.165, 1.54) is 0 Å². The van der Waals surface area contributed by atoms with Crippen molar-refractivity contribution < 1.29 is 67.5 Å². The van der Waals surface area contributed by atoms with Crippen LogP contribution < -0.4 is 26.7 Å². The summed E-state index contributed by atoms with van der Waals surface area (Å²) < 4.78 is 29.1. The van der Waals surface area contributed by atoms with Gasteiger partial charge in [-0.1, -0.05) is 18.2 Å². The van der Waals surface area contributed by atoms with Gasteiger partial charge in [-0.3, -0.25) is 39.0 Å². The van der Waals surface area contributed by atoms with Crippen LogP contribution in [0.5, 0.6) is 0 Å². The second-order valence-corrected chi connectivity index (χ2v) is 13.4. The van der Waals surface area contributed by atoms with Crippen LogP contribution in [-0.2, 0) is 70.3 Å². The van der Waals surface area contributed by atoms with E-state index in [1.54, 1.807) is 7.05 Å². The van der Waals surface area contributed by atoms with Crippen molar-refractivity contribution in [2.24, 2.45) is 0 Å². The SMILES string of the molecule is CNN(C)Cc1cc2ccccc2n1CCC(=O)N[C@@H](CC(=O)N[C@H]1O[C@@H](CO)[C@H](OC(C)=O)[C@@H](OC(C)=O)[C@@H]1NC(C)=O)C(=O)NCCOCCOCCC(=O)O. The van der Waals surface area contributed by atoms with E-state index in [0.29, 0.717) is 6.54 Å². The number of carboxylic acid groups (broad SMARTS) is 1. The number of carboxylic acids is 1. The molecular weight excluding hydrogens is 766 g/mol. The van der Waals surface area contributed by atoms with Gasteiger partial charge in [-0.05, 0) is 24.6 Å². The minimum Gasteiger partial charge on any atom is -0.481 e. The van der Waals surface area contributed by atoms with Gasteiger partial charge < -0.3 is 59.7 Å². The van der Waals surface area contributed by atoms with Crippen LogP contribution in [0.1, 0.15) is 45.7 Å². The molecule has 0 unspecified atom stereocenters. The van der Waals surface area contributed by atoms with E-state index in [2.05, 4.69) is 26.7 Å². The summed E-state index contributed by atoms with van der Waals surface area (Å²) in [5.41, 5.74) is 4.89. The van der Waals surface area contributed by atoms with Gasteiger partial charge in [0.1, 0.15) is 18.2 Å². The number of benzene rings is 1. The third kappa shape index (κ3) is 15.3. The third-order valence-corrected chi connectivity index (χ3v) is 8.81. The van der Waals surface area contributed by atoms with Crippen LogP contribution in [0, 0.1) is 0 Å². The Morgan fingerprint density at radius 2 is 1.57 bits per heavy atom. The number of rotatable bonds is 24. The number of ether oxygens (including phenoxy) is 5. The molecule has 0 bridgehead atoms.